The van der Waals surface area contributed by atoms with Crippen LogP contribution in [0.25, 0.3) is 10.9 Å². The average Bonchev–Trinajstić information content (AvgIpc) is 3.06. The number of rotatable bonds is 7. The van der Waals surface area contributed by atoms with Crippen molar-refractivity contribution in [2.24, 2.45) is 0 Å². The van der Waals surface area contributed by atoms with Gasteiger partial charge in [0.15, 0.2) is 0 Å². The minimum absolute atomic E-state index is 0.127. The van der Waals surface area contributed by atoms with E-state index in [1.165, 1.54) is 18.2 Å². The van der Waals surface area contributed by atoms with Crippen LogP contribution in [0.4, 0.5) is 4.39 Å². The second-order valence-corrected chi connectivity index (χ2v) is 7.94. The van der Waals surface area contributed by atoms with Gasteiger partial charge in [-0.3, -0.25) is 9.59 Å². The molecule has 1 atom stereocenters. The number of hydrogen-bond acceptors (Lipinski definition) is 3. The fraction of sp³-hybridized carbons (Fsp3) is 0.240. The van der Waals surface area contributed by atoms with Crippen LogP contribution in [0.15, 0.2) is 65.5 Å². The molecule has 6 nitrogen and oxygen atoms in total. The van der Waals surface area contributed by atoms with Crippen molar-refractivity contribution < 1.29 is 9.18 Å². The topological polar surface area (TPSA) is 79.8 Å². The van der Waals surface area contributed by atoms with Gasteiger partial charge in [-0.25, -0.2) is 9.37 Å². The Bertz CT molecular complexity index is 1310. The molecule has 0 fully saturated rings. The largest absolute Gasteiger partial charge is 0.349 e. The van der Waals surface area contributed by atoms with E-state index in [9.17, 15) is 14.0 Å². The van der Waals surface area contributed by atoms with Crippen LogP contribution in [0, 0.1) is 19.7 Å². The third kappa shape index (κ3) is 4.94. The summed E-state index contributed by atoms with van der Waals surface area (Å²) in [7, 11) is 0. The summed E-state index contributed by atoms with van der Waals surface area (Å²) in [6.45, 7) is 4.28. The highest BCUT2D eigenvalue weighted by Gasteiger charge is 2.17. The van der Waals surface area contributed by atoms with Gasteiger partial charge in [-0.2, -0.15) is 0 Å². The number of benzene rings is 2. The Morgan fingerprint density at radius 3 is 2.62 bits per heavy atom. The molecule has 2 aromatic carbocycles. The van der Waals surface area contributed by atoms with Gasteiger partial charge in [-0.15, -0.1) is 0 Å². The molecule has 0 spiro atoms. The lowest BCUT2D eigenvalue weighted by Crippen LogP contribution is -2.31. The maximum atomic E-state index is 13.4. The van der Waals surface area contributed by atoms with Gasteiger partial charge in [-0.05, 0) is 49.1 Å². The van der Waals surface area contributed by atoms with Crippen LogP contribution in [-0.4, -0.2) is 20.4 Å². The molecule has 0 aliphatic heterocycles. The summed E-state index contributed by atoms with van der Waals surface area (Å²) in [6, 6.07) is 17.2. The van der Waals surface area contributed by atoms with E-state index in [1.807, 2.05) is 25.1 Å². The maximum absolute atomic E-state index is 13.4. The van der Waals surface area contributed by atoms with Gasteiger partial charge >= 0.3 is 0 Å². The van der Waals surface area contributed by atoms with Crippen molar-refractivity contribution in [2.45, 2.75) is 39.3 Å². The Labute approximate surface area is 185 Å². The van der Waals surface area contributed by atoms with Crippen molar-refractivity contribution in [3.8, 4) is 0 Å². The Hall–Kier alpha value is -3.74. The molecule has 4 rings (SSSR count). The predicted octanol–water partition coefficient (Wildman–Crippen LogP) is 3.97. The summed E-state index contributed by atoms with van der Waals surface area (Å²) in [6.07, 6.45) is 0.618. The molecule has 4 aromatic rings. The molecule has 0 saturated carbocycles. The van der Waals surface area contributed by atoms with E-state index in [1.54, 1.807) is 19.1 Å². The molecule has 0 aliphatic carbocycles. The molecule has 2 heterocycles. The summed E-state index contributed by atoms with van der Waals surface area (Å²) in [5.41, 5.74) is 3.26. The van der Waals surface area contributed by atoms with E-state index in [2.05, 4.69) is 32.0 Å². The first-order chi connectivity index (χ1) is 15.4. The highest BCUT2D eigenvalue weighted by atomic mass is 19.1. The van der Waals surface area contributed by atoms with Crippen LogP contribution in [-0.2, 0) is 17.8 Å². The zero-order valence-corrected chi connectivity index (χ0v) is 18.1. The van der Waals surface area contributed by atoms with Crippen molar-refractivity contribution in [1.29, 1.82) is 0 Å². The Kier molecular flexibility index (Phi) is 6.16. The monoisotopic (exact) mass is 432 g/mol. The SMILES string of the molecule is Cc1nc(C[C@H](NC(=O)CCn2c(C)cc3ccccc32)c2ccc(F)cc2)cc(=O)[nH]1. The number of aromatic nitrogens is 3. The van der Waals surface area contributed by atoms with Crippen LogP contribution in [0.3, 0.4) is 0 Å². The highest BCUT2D eigenvalue weighted by Crippen LogP contribution is 2.21. The molecule has 0 bridgehead atoms. The van der Waals surface area contributed by atoms with Gasteiger partial charge in [-0.1, -0.05) is 30.3 Å². The van der Waals surface area contributed by atoms with E-state index < -0.39 is 6.04 Å². The normalized spacial score (nSPS) is 12.1. The lowest BCUT2D eigenvalue weighted by atomic mass is 10.0. The molecular formula is C25H25FN4O2. The summed E-state index contributed by atoms with van der Waals surface area (Å²) in [5, 5.41) is 4.19. The van der Waals surface area contributed by atoms with Gasteiger partial charge in [0.25, 0.3) is 5.56 Å². The third-order valence-electron chi connectivity index (χ3n) is 5.51. The molecular weight excluding hydrogens is 407 g/mol. The fourth-order valence-corrected chi connectivity index (χ4v) is 4.03. The van der Waals surface area contributed by atoms with Crippen LogP contribution in [0.1, 0.15) is 35.2 Å². The lowest BCUT2D eigenvalue weighted by Gasteiger charge is -2.20. The first kappa shape index (κ1) is 21.5. The first-order valence-corrected chi connectivity index (χ1v) is 10.6. The quantitative estimate of drug-likeness (QED) is 0.464. The number of carbonyl (C=O) groups is 1. The standard InChI is InChI=1S/C25H25FN4O2/c1-16-13-19-5-3-4-6-23(19)30(16)12-11-24(31)29-22(18-7-9-20(26)10-8-18)14-21-15-25(32)28-17(2)27-21/h3-10,13,15,22H,11-12,14H2,1-2H3,(H,29,31)(H,27,28,32)/t22-/m0/s1. The number of halogens is 1. The van der Waals surface area contributed by atoms with E-state index in [-0.39, 0.29) is 17.3 Å². The summed E-state index contributed by atoms with van der Waals surface area (Å²) in [5.74, 6) is 0.0311. The van der Waals surface area contributed by atoms with Crippen molar-refractivity contribution in [3.05, 3.63) is 99.6 Å². The number of H-pyrrole nitrogens is 1. The molecule has 32 heavy (non-hydrogen) atoms. The van der Waals surface area contributed by atoms with Crippen molar-refractivity contribution in [3.63, 3.8) is 0 Å². The summed E-state index contributed by atoms with van der Waals surface area (Å²) < 4.78 is 15.6. The second kappa shape index (κ2) is 9.18. The van der Waals surface area contributed by atoms with Gasteiger partial charge in [0.1, 0.15) is 11.6 Å². The second-order valence-electron chi connectivity index (χ2n) is 7.94. The number of carbonyl (C=O) groups excluding carboxylic acids is 1. The van der Waals surface area contributed by atoms with E-state index in [0.29, 0.717) is 30.9 Å². The third-order valence-corrected chi connectivity index (χ3v) is 5.51. The Morgan fingerprint density at radius 1 is 1.12 bits per heavy atom. The number of aromatic amines is 1. The summed E-state index contributed by atoms with van der Waals surface area (Å²) >= 11 is 0. The van der Waals surface area contributed by atoms with Crippen LogP contribution >= 0.6 is 0 Å². The molecule has 0 aliphatic rings. The molecule has 0 saturated heterocycles. The van der Waals surface area contributed by atoms with Gasteiger partial charge < -0.3 is 14.9 Å². The van der Waals surface area contributed by atoms with Crippen molar-refractivity contribution >= 4 is 16.8 Å². The van der Waals surface area contributed by atoms with Gasteiger partial charge in [0.2, 0.25) is 5.91 Å². The minimum Gasteiger partial charge on any atom is -0.349 e. The van der Waals surface area contributed by atoms with Crippen molar-refractivity contribution in [2.75, 3.05) is 0 Å². The van der Waals surface area contributed by atoms with Crippen molar-refractivity contribution in [1.82, 2.24) is 19.9 Å². The number of amides is 1. The van der Waals surface area contributed by atoms with Gasteiger partial charge in [0, 0.05) is 36.7 Å². The van der Waals surface area contributed by atoms with E-state index in [4.69, 9.17) is 0 Å². The smallest absolute Gasteiger partial charge is 0.251 e. The summed E-state index contributed by atoms with van der Waals surface area (Å²) in [4.78, 5) is 31.7. The fourth-order valence-electron chi connectivity index (χ4n) is 4.03. The number of fused-ring (bicyclic) bond motifs is 1. The molecule has 7 heteroatoms. The van der Waals surface area contributed by atoms with Crippen LogP contribution in [0.5, 0.6) is 0 Å². The molecule has 164 valence electrons. The number of para-hydroxylation sites is 1. The number of hydrogen-bond donors (Lipinski definition) is 2. The number of aryl methyl sites for hydroxylation is 3. The Morgan fingerprint density at radius 2 is 1.88 bits per heavy atom. The van der Waals surface area contributed by atoms with Gasteiger partial charge in [0.05, 0.1) is 11.7 Å². The molecule has 0 radical (unpaired) electrons. The van der Waals surface area contributed by atoms with Crippen LogP contribution in [0.2, 0.25) is 0 Å². The lowest BCUT2D eigenvalue weighted by molar-refractivity contribution is -0.122. The molecule has 2 aromatic heterocycles. The molecule has 1 amide bonds. The van der Waals surface area contributed by atoms with E-state index in [0.717, 1.165) is 22.2 Å². The number of nitrogens with one attached hydrogen (secondary N) is 2. The molecule has 2 N–H and O–H groups in total. The maximum Gasteiger partial charge on any atom is 0.251 e. The zero-order chi connectivity index (χ0) is 22.7. The zero-order valence-electron chi connectivity index (χ0n) is 18.1. The first-order valence-electron chi connectivity index (χ1n) is 10.6. The highest BCUT2D eigenvalue weighted by molar-refractivity contribution is 5.82. The minimum atomic E-state index is -0.431. The predicted molar refractivity (Wildman–Crippen MR) is 122 cm³/mol. The molecule has 0 unspecified atom stereocenters. The Balaban J connectivity index is 1.52. The van der Waals surface area contributed by atoms with Crippen LogP contribution < -0.4 is 10.9 Å². The average molecular weight is 432 g/mol. The van der Waals surface area contributed by atoms with E-state index >= 15 is 0 Å². The number of nitrogens with zero attached hydrogens (tertiary/aromatic N) is 2.